The van der Waals surface area contributed by atoms with Crippen LogP contribution in [0.5, 0.6) is 0 Å². The standard InChI is InChI=1S/C21H30N4O3/c1-14-18(16(3)25(23-14)17-11-9-8-10-12-17)13-24(7)19(26)15(2)22-20(27)28-21(4,5)6/h8-12,15H,13H2,1-7H3,(H,22,27). The number of ether oxygens (including phenoxy) is 1. The van der Waals surface area contributed by atoms with Crippen LogP contribution >= 0.6 is 0 Å². The normalized spacial score (nSPS) is 12.4. The third-order valence-electron chi connectivity index (χ3n) is 4.32. The van der Waals surface area contributed by atoms with E-state index < -0.39 is 17.7 Å². The van der Waals surface area contributed by atoms with Crippen LogP contribution in [0.4, 0.5) is 4.79 Å². The van der Waals surface area contributed by atoms with Crippen LogP contribution in [0.1, 0.15) is 44.6 Å². The Kier molecular flexibility index (Phi) is 6.48. The number of likely N-dealkylation sites (N-methyl/N-ethyl adjacent to an activating group) is 1. The Morgan fingerprint density at radius 2 is 1.82 bits per heavy atom. The Labute approximate surface area is 166 Å². The van der Waals surface area contributed by atoms with Crippen LogP contribution in [0.2, 0.25) is 0 Å². The number of alkyl carbamates (subject to hydrolysis) is 1. The zero-order valence-electron chi connectivity index (χ0n) is 17.7. The van der Waals surface area contributed by atoms with E-state index in [0.717, 1.165) is 22.6 Å². The summed E-state index contributed by atoms with van der Waals surface area (Å²) in [5, 5.41) is 7.21. The summed E-state index contributed by atoms with van der Waals surface area (Å²) in [7, 11) is 1.72. The van der Waals surface area contributed by atoms with Crippen molar-refractivity contribution >= 4 is 12.0 Å². The summed E-state index contributed by atoms with van der Waals surface area (Å²) >= 11 is 0. The van der Waals surface area contributed by atoms with Gasteiger partial charge in [-0.25, -0.2) is 9.48 Å². The van der Waals surface area contributed by atoms with E-state index >= 15 is 0 Å². The number of carbonyl (C=O) groups is 2. The predicted octanol–water partition coefficient (Wildman–Crippen LogP) is 3.36. The number of amides is 2. The second-order valence-electron chi connectivity index (χ2n) is 7.96. The molecule has 0 fully saturated rings. The van der Waals surface area contributed by atoms with Crippen LogP contribution in [0.3, 0.4) is 0 Å². The Morgan fingerprint density at radius 3 is 2.39 bits per heavy atom. The fraction of sp³-hybridized carbons (Fsp3) is 0.476. The topological polar surface area (TPSA) is 76.5 Å². The molecular weight excluding hydrogens is 356 g/mol. The van der Waals surface area contributed by atoms with Gasteiger partial charge in [0.15, 0.2) is 0 Å². The molecule has 0 aliphatic heterocycles. The first-order valence-corrected chi connectivity index (χ1v) is 9.34. The van der Waals surface area contributed by atoms with Gasteiger partial charge in [0, 0.05) is 24.8 Å². The van der Waals surface area contributed by atoms with Crippen molar-refractivity contribution in [1.82, 2.24) is 20.0 Å². The SMILES string of the molecule is Cc1nn(-c2ccccc2)c(C)c1CN(C)C(=O)C(C)NC(=O)OC(C)(C)C. The monoisotopic (exact) mass is 386 g/mol. The zero-order chi connectivity index (χ0) is 21.1. The number of benzene rings is 1. The number of nitrogens with one attached hydrogen (secondary N) is 1. The van der Waals surface area contributed by atoms with Gasteiger partial charge in [-0.15, -0.1) is 0 Å². The molecule has 2 amide bonds. The molecule has 0 radical (unpaired) electrons. The van der Waals surface area contributed by atoms with Gasteiger partial charge in [0.05, 0.1) is 11.4 Å². The highest BCUT2D eigenvalue weighted by Crippen LogP contribution is 2.19. The molecule has 28 heavy (non-hydrogen) atoms. The van der Waals surface area contributed by atoms with Crippen LogP contribution in [0.25, 0.3) is 5.69 Å². The number of nitrogens with zero attached hydrogens (tertiary/aromatic N) is 3. The fourth-order valence-electron chi connectivity index (χ4n) is 2.92. The number of para-hydroxylation sites is 1. The highest BCUT2D eigenvalue weighted by molar-refractivity contribution is 5.85. The first-order valence-electron chi connectivity index (χ1n) is 9.34. The second kappa shape index (κ2) is 8.46. The Hall–Kier alpha value is -2.83. The lowest BCUT2D eigenvalue weighted by atomic mass is 10.1. The molecule has 2 aromatic rings. The van der Waals surface area contributed by atoms with Crippen molar-refractivity contribution in [3.63, 3.8) is 0 Å². The van der Waals surface area contributed by atoms with Crippen molar-refractivity contribution in [2.24, 2.45) is 0 Å². The maximum absolute atomic E-state index is 12.7. The summed E-state index contributed by atoms with van der Waals surface area (Å²) in [6.45, 7) is 11.3. The minimum Gasteiger partial charge on any atom is -0.444 e. The first kappa shape index (κ1) is 21.5. The van der Waals surface area contributed by atoms with Gasteiger partial charge in [-0.05, 0) is 53.7 Å². The van der Waals surface area contributed by atoms with E-state index in [-0.39, 0.29) is 5.91 Å². The summed E-state index contributed by atoms with van der Waals surface area (Å²) < 4.78 is 7.09. The van der Waals surface area contributed by atoms with Crippen molar-refractivity contribution in [1.29, 1.82) is 0 Å². The zero-order valence-corrected chi connectivity index (χ0v) is 17.7. The van der Waals surface area contributed by atoms with Gasteiger partial charge < -0.3 is 15.0 Å². The van der Waals surface area contributed by atoms with E-state index in [0.29, 0.717) is 6.54 Å². The highest BCUT2D eigenvalue weighted by atomic mass is 16.6. The van der Waals surface area contributed by atoms with Crippen molar-refractivity contribution in [3.05, 3.63) is 47.3 Å². The molecule has 1 atom stereocenters. The highest BCUT2D eigenvalue weighted by Gasteiger charge is 2.24. The van der Waals surface area contributed by atoms with Gasteiger partial charge >= 0.3 is 6.09 Å². The Balaban J connectivity index is 2.08. The molecule has 0 aliphatic rings. The number of carbonyl (C=O) groups excluding carboxylic acids is 2. The van der Waals surface area contributed by atoms with E-state index in [1.54, 1.807) is 39.6 Å². The van der Waals surface area contributed by atoms with E-state index in [1.165, 1.54) is 0 Å². The van der Waals surface area contributed by atoms with Crippen LogP contribution in [-0.4, -0.2) is 45.4 Å². The van der Waals surface area contributed by atoms with Gasteiger partial charge in [0.25, 0.3) is 0 Å². The predicted molar refractivity (Wildman–Crippen MR) is 108 cm³/mol. The van der Waals surface area contributed by atoms with E-state index in [1.807, 2.05) is 48.9 Å². The molecular formula is C21H30N4O3. The van der Waals surface area contributed by atoms with Crippen molar-refractivity contribution in [3.8, 4) is 5.69 Å². The number of rotatable bonds is 5. The Bertz CT molecular complexity index is 837. The second-order valence-corrected chi connectivity index (χ2v) is 7.96. The molecule has 0 saturated heterocycles. The average Bonchev–Trinajstić information content (AvgIpc) is 2.88. The molecule has 7 nitrogen and oxygen atoms in total. The largest absolute Gasteiger partial charge is 0.444 e. The molecule has 2 rings (SSSR count). The van der Waals surface area contributed by atoms with Crippen molar-refractivity contribution in [2.75, 3.05) is 7.05 Å². The summed E-state index contributed by atoms with van der Waals surface area (Å²) in [5.74, 6) is -0.197. The fourth-order valence-corrected chi connectivity index (χ4v) is 2.92. The minimum absolute atomic E-state index is 0.197. The molecule has 1 aromatic carbocycles. The van der Waals surface area contributed by atoms with Crippen LogP contribution in [0.15, 0.2) is 30.3 Å². The molecule has 0 saturated carbocycles. The third kappa shape index (κ3) is 5.34. The number of hydrogen-bond donors (Lipinski definition) is 1. The summed E-state index contributed by atoms with van der Waals surface area (Å²) in [5.41, 5.74) is 3.20. The average molecular weight is 386 g/mol. The lowest BCUT2D eigenvalue weighted by Gasteiger charge is -2.24. The summed E-state index contributed by atoms with van der Waals surface area (Å²) in [6.07, 6.45) is -0.606. The molecule has 152 valence electrons. The molecule has 7 heteroatoms. The minimum atomic E-state index is -0.690. The van der Waals surface area contributed by atoms with Crippen LogP contribution < -0.4 is 5.32 Å². The van der Waals surface area contributed by atoms with E-state index in [2.05, 4.69) is 10.4 Å². The molecule has 0 bridgehead atoms. The number of hydrogen-bond acceptors (Lipinski definition) is 4. The van der Waals surface area contributed by atoms with Gasteiger partial charge in [-0.2, -0.15) is 5.10 Å². The number of aromatic nitrogens is 2. The smallest absolute Gasteiger partial charge is 0.408 e. The molecule has 1 aromatic heterocycles. The Morgan fingerprint density at radius 1 is 1.21 bits per heavy atom. The van der Waals surface area contributed by atoms with Gasteiger partial charge in [-0.3, -0.25) is 4.79 Å². The molecule has 1 heterocycles. The van der Waals surface area contributed by atoms with Gasteiger partial charge in [0.1, 0.15) is 11.6 Å². The summed E-state index contributed by atoms with van der Waals surface area (Å²) in [6, 6.07) is 9.18. The van der Waals surface area contributed by atoms with Crippen molar-refractivity contribution < 1.29 is 14.3 Å². The maximum atomic E-state index is 12.7. The van der Waals surface area contributed by atoms with E-state index in [4.69, 9.17) is 4.74 Å². The number of aryl methyl sites for hydroxylation is 1. The van der Waals surface area contributed by atoms with Gasteiger partial charge in [0.2, 0.25) is 5.91 Å². The third-order valence-corrected chi connectivity index (χ3v) is 4.32. The van der Waals surface area contributed by atoms with Crippen LogP contribution in [0, 0.1) is 13.8 Å². The van der Waals surface area contributed by atoms with Gasteiger partial charge in [-0.1, -0.05) is 18.2 Å². The molecule has 0 spiro atoms. The summed E-state index contributed by atoms with van der Waals surface area (Å²) in [4.78, 5) is 26.2. The first-order chi connectivity index (χ1) is 13.0. The van der Waals surface area contributed by atoms with Crippen LogP contribution in [-0.2, 0) is 16.1 Å². The lowest BCUT2D eigenvalue weighted by molar-refractivity contribution is -0.132. The quantitative estimate of drug-likeness (QED) is 0.855. The molecule has 1 unspecified atom stereocenters. The molecule has 1 N–H and O–H groups in total. The molecule has 0 aliphatic carbocycles. The van der Waals surface area contributed by atoms with Crippen molar-refractivity contribution in [2.45, 2.75) is 59.7 Å². The maximum Gasteiger partial charge on any atom is 0.408 e. The van der Waals surface area contributed by atoms with E-state index in [9.17, 15) is 9.59 Å². The lowest BCUT2D eigenvalue weighted by Crippen LogP contribution is -2.46.